The highest BCUT2D eigenvalue weighted by Gasteiger charge is 2.47. The minimum absolute atomic E-state index is 0.179. The number of nitrogens with zero attached hydrogens (tertiary/aromatic N) is 2. The molecule has 0 aromatic carbocycles. The highest BCUT2D eigenvalue weighted by Crippen LogP contribution is 2.39. The van der Waals surface area contributed by atoms with Crippen LogP contribution in [0, 0.1) is 0 Å². The molecule has 1 N–H and O–H groups in total. The minimum Gasteiger partial charge on any atom is -0.468 e. The zero-order chi connectivity index (χ0) is 14.0. The van der Waals surface area contributed by atoms with Crippen LogP contribution in [0.25, 0.3) is 0 Å². The minimum atomic E-state index is -0.605. The molecule has 6 heteroatoms. The van der Waals surface area contributed by atoms with E-state index in [1.165, 1.54) is 7.11 Å². The van der Waals surface area contributed by atoms with E-state index < -0.39 is 5.54 Å². The predicted octanol–water partition coefficient (Wildman–Crippen LogP) is 2.17. The van der Waals surface area contributed by atoms with E-state index in [2.05, 4.69) is 10.4 Å². The van der Waals surface area contributed by atoms with E-state index in [4.69, 9.17) is 16.3 Å². The van der Waals surface area contributed by atoms with Gasteiger partial charge in [0.25, 0.3) is 0 Å². The molecular formula is C13H20ClN3O2. The summed E-state index contributed by atoms with van der Waals surface area (Å²) in [4.78, 5) is 12.1. The molecule has 1 aliphatic carbocycles. The van der Waals surface area contributed by atoms with Crippen molar-refractivity contribution in [3.05, 3.63) is 17.4 Å². The summed E-state index contributed by atoms with van der Waals surface area (Å²) < 4.78 is 6.81. The first-order valence-electron chi connectivity index (χ1n) is 6.52. The molecule has 2 atom stereocenters. The number of carbonyl (C=O) groups excluding carboxylic acids is 1. The largest absolute Gasteiger partial charge is 0.468 e. The predicted molar refractivity (Wildman–Crippen MR) is 73.1 cm³/mol. The van der Waals surface area contributed by atoms with Crippen LogP contribution in [0.5, 0.6) is 0 Å². The highest BCUT2D eigenvalue weighted by molar-refractivity contribution is 6.30. The molecule has 1 saturated carbocycles. The quantitative estimate of drug-likeness (QED) is 0.862. The third kappa shape index (κ3) is 2.92. The fourth-order valence-electron chi connectivity index (χ4n) is 2.88. The number of aromatic nitrogens is 2. The van der Waals surface area contributed by atoms with Crippen molar-refractivity contribution < 1.29 is 9.53 Å². The Hall–Kier alpha value is -1.07. The Morgan fingerprint density at radius 2 is 2.42 bits per heavy atom. The van der Waals surface area contributed by atoms with Crippen LogP contribution in [0.15, 0.2) is 12.4 Å². The lowest BCUT2D eigenvalue weighted by atomic mass is 9.96. The summed E-state index contributed by atoms with van der Waals surface area (Å²) in [5.41, 5.74) is -0.605. The van der Waals surface area contributed by atoms with Gasteiger partial charge < -0.3 is 4.74 Å². The lowest BCUT2D eigenvalue weighted by molar-refractivity contribution is -0.148. The molecule has 2 unspecified atom stereocenters. The molecule has 0 radical (unpaired) electrons. The first-order valence-corrected chi connectivity index (χ1v) is 6.90. The number of esters is 1. The van der Waals surface area contributed by atoms with E-state index in [-0.39, 0.29) is 18.1 Å². The molecule has 0 aliphatic heterocycles. The zero-order valence-corrected chi connectivity index (χ0v) is 12.3. The van der Waals surface area contributed by atoms with Crippen LogP contribution in [0.1, 0.15) is 39.2 Å². The number of hydrogen-bond acceptors (Lipinski definition) is 4. The zero-order valence-electron chi connectivity index (χ0n) is 11.5. The monoisotopic (exact) mass is 285 g/mol. The molecule has 19 heavy (non-hydrogen) atoms. The second-order valence-corrected chi connectivity index (χ2v) is 5.84. The molecular weight excluding hydrogens is 266 g/mol. The van der Waals surface area contributed by atoms with Crippen molar-refractivity contribution in [1.29, 1.82) is 0 Å². The second kappa shape index (κ2) is 5.51. The first kappa shape index (κ1) is 14.3. The van der Waals surface area contributed by atoms with Gasteiger partial charge in [-0.1, -0.05) is 11.6 Å². The molecule has 0 spiro atoms. The summed E-state index contributed by atoms with van der Waals surface area (Å²) in [6, 6.07) is 0.400. The standard InChI is InChI=1S/C13H20ClN3O2/c1-9(2)16-13(12(18)19-3)5-4-11(6-13)17-8-10(14)7-15-17/h7-9,11,16H,4-6H2,1-3H3. The fourth-order valence-corrected chi connectivity index (χ4v) is 3.03. The van der Waals surface area contributed by atoms with Gasteiger partial charge in [-0.15, -0.1) is 0 Å². The molecule has 5 nitrogen and oxygen atoms in total. The maximum atomic E-state index is 12.1. The van der Waals surface area contributed by atoms with Crippen molar-refractivity contribution in [2.75, 3.05) is 7.11 Å². The average molecular weight is 286 g/mol. The Morgan fingerprint density at radius 1 is 1.68 bits per heavy atom. The van der Waals surface area contributed by atoms with Gasteiger partial charge >= 0.3 is 5.97 Å². The van der Waals surface area contributed by atoms with E-state index in [9.17, 15) is 4.79 Å². The highest BCUT2D eigenvalue weighted by atomic mass is 35.5. The van der Waals surface area contributed by atoms with Crippen LogP contribution in [0.3, 0.4) is 0 Å². The van der Waals surface area contributed by atoms with Crippen LogP contribution in [-0.2, 0) is 9.53 Å². The Bertz CT molecular complexity index is 460. The van der Waals surface area contributed by atoms with E-state index in [0.29, 0.717) is 11.4 Å². The van der Waals surface area contributed by atoms with Crippen molar-refractivity contribution in [1.82, 2.24) is 15.1 Å². The maximum Gasteiger partial charge on any atom is 0.326 e. The summed E-state index contributed by atoms with van der Waals surface area (Å²) in [5, 5.41) is 8.21. The molecule has 1 fully saturated rings. The van der Waals surface area contributed by atoms with Crippen molar-refractivity contribution in [2.24, 2.45) is 0 Å². The number of methoxy groups -OCH3 is 1. The second-order valence-electron chi connectivity index (χ2n) is 5.41. The smallest absolute Gasteiger partial charge is 0.326 e. The van der Waals surface area contributed by atoms with Gasteiger partial charge in [-0.25, -0.2) is 0 Å². The molecule has 1 aromatic rings. The van der Waals surface area contributed by atoms with Crippen molar-refractivity contribution in [3.63, 3.8) is 0 Å². The molecule has 0 saturated heterocycles. The third-order valence-electron chi connectivity index (χ3n) is 3.57. The number of halogens is 1. The average Bonchev–Trinajstić information content (AvgIpc) is 2.95. The van der Waals surface area contributed by atoms with E-state index in [0.717, 1.165) is 12.8 Å². The molecule has 1 heterocycles. The fraction of sp³-hybridized carbons (Fsp3) is 0.692. The topological polar surface area (TPSA) is 56.1 Å². The van der Waals surface area contributed by atoms with Gasteiger partial charge in [-0.3, -0.25) is 14.8 Å². The lowest BCUT2D eigenvalue weighted by Gasteiger charge is -2.30. The Labute approximate surface area is 118 Å². The summed E-state index contributed by atoms with van der Waals surface area (Å²) in [5.74, 6) is -0.193. The number of ether oxygens (including phenoxy) is 1. The third-order valence-corrected chi connectivity index (χ3v) is 3.77. The lowest BCUT2D eigenvalue weighted by Crippen LogP contribution is -2.53. The van der Waals surface area contributed by atoms with Crippen molar-refractivity contribution in [2.45, 2.75) is 50.7 Å². The van der Waals surface area contributed by atoms with Gasteiger partial charge in [-0.2, -0.15) is 5.10 Å². The Balaban J connectivity index is 2.17. The number of carbonyl (C=O) groups is 1. The summed E-state index contributed by atoms with van der Waals surface area (Å²) in [7, 11) is 1.43. The molecule has 1 aliphatic rings. The molecule has 1 aromatic heterocycles. The van der Waals surface area contributed by atoms with Crippen LogP contribution in [0.4, 0.5) is 0 Å². The van der Waals surface area contributed by atoms with Crippen LogP contribution < -0.4 is 5.32 Å². The first-order chi connectivity index (χ1) is 8.97. The van der Waals surface area contributed by atoms with Gasteiger partial charge in [0, 0.05) is 12.2 Å². The van der Waals surface area contributed by atoms with Crippen molar-refractivity contribution in [3.8, 4) is 0 Å². The summed E-state index contributed by atoms with van der Waals surface area (Å²) in [6.07, 6.45) is 5.73. The van der Waals surface area contributed by atoms with Crippen LogP contribution in [-0.4, -0.2) is 34.4 Å². The summed E-state index contributed by atoms with van der Waals surface area (Å²) in [6.45, 7) is 4.06. The molecule has 0 amide bonds. The van der Waals surface area contributed by atoms with Crippen LogP contribution >= 0.6 is 11.6 Å². The van der Waals surface area contributed by atoms with Gasteiger partial charge in [-0.05, 0) is 33.1 Å². The Kier molecular flexibility index (Phi) is 4.16. The molecule has 2 rings (SSSR count). The molecule has 106 valence electrons. The van der Waals surface area contributed by atoms with E-state index in [1.54, 1.807) is 12.4 Å². The van der Waals surface area contributed by atoms with Gasteiger partial charge in [0.1, 0.15) is 5.54 Å². The normalized spacial score (nSPS) is 26.9. The molecule has 0 bridgehead atoms. The van der Waals surface area contributed by atoms with Gasteiger partial charge in [0.2, 0.25) is 0 Å². The van der Waals surface area contributed by atoms with E-state index in [1.807, 2.05) is 18.5 Å². The van der Waals surface area contributed by atoms with Gasteiger partial charge in [0.15, 0.2) is 0 Å². The van der Waals surface area contributed by atoms with E-state index >= 15 is 0 Å². The van der Waals surface area contributed by atoms with Crippen LogP contribution in [0.2, 0.25) is 5.02 Å². The number of nitrogens with one attached hydrogen (secondary N) is 1. The van der Waals surface area contributed by atoms with Gasteiger partial charge in [0.05, 0.1) is 24.4 Å². The Morgan fingerprint density at radius 3 is 2.95 bits per heavy atom. The number of hydrogen-bond donors (Lipinski definition) is 1. The maximum absolute atomic E-state index is 12.1. The van der Waals surface area contributed by atoms with Crippen molar-refractivity contribution >= 4 is 17.6 Å². The summed E-state index contributed by atoms with van der Waals surface area (Å²) >= 11 is 5.89. The number of rotatable bonds is 4. The SMILES string of the molecule is COC(=O)C1(NC(C)C)CCC(n2cc(Cl)cn2)C1.